The third kappa shape index (κ3) is 3.65. The molecule has 1 N–H and O–H groups in total. The largest absolute Gasteiger partial charge is 0.291 e. The van der Waals surface area contributed by atoms with Crippen LogP contribution in [-0.4, -0.2) is 41.4 Å². The number of H-pyrrole nitrogens is 1. The van der Waals surface area contributed by atoms with Crippen molar-refractivity contribution < 1.29 is 13.2 Å². The predicted molar refractivity (Wildman–Crippen MR) is 49.7 cm³/mol. The van der Waals surface area contributed by atoms with Gasteiger partial charge in [0.1, 0.15) is 16.2 Å². The number of nitrogens with one attached hydrogen (secondary N) is 1. The predicted octanol–water partition coefficient (Wildman–Crippen LogP) is -0.188. The standard InChI is InChI=1S/C7H11N3O3S/c1-14(12,13)4-2-3-6(11)7-8-5-9-10-7/h5H,2-4H2,1H3,(H,8,9,10). The summed E-state index contributed by atoms with van der Waals surface area (Å²) in [6.45, 7) is 0. The van der Waals surface area contributed by atoms with Crippen LogP contribution in [0.3, 0.4) is 0 Å². The molecule has 0 saturated heterocycles. The minimum absolute atomic E-state index is 0.0207. The lowest BCUT2D eigenvalue weighted by Crippen LogP contribution is -2.07. The van der Waals surface area contributed by atoms with E-state index in [0.717, 1.165) is 6.26 Å². The summed E-state index contributed by atoms with van der Waals surface area (Å²) in [5.74, 6) is -0.0166. The SMILES string of the molecule is CS(=O)(=O)CCCC(=O)c1ncn[nH]1. The van der Waals surface area contributed by atoms with Crippen molar-refractivity contribution in [1.82, 2.24) is 15.2 Å². The highest BCUT2D eigenvalue weighted by Gasteiger charge is 2.10. The van der Waals surface area contributed by atoms with Crippen molar-refractivity contribution in [2.45, 2.75) is 12.8 Å². The van der Waals surface area contributed by atoms with E-state index < -0.39 is 9.84 Å². The highest BCUT2D eigenvalue weighted by Crippen LogP contribution is 2.00. The number of hydrogen-bond donors (Lipinski definition) is 1. The number of nitrogens with zero attached hydrogens (tertiary/aromatic N) is 2. The van der Waals surface area contributed by atoms with Gasteiger partial charge in [0.05, 0.1) is 5.75 Å². The van der Waals surface area contributed by atoms with Gasteiger partial charge in [-0.1, -0.05) is 0 Å². The van der Waals surface area contributed by atoms with Crippen molar-refractivity contribution in [2.24, 2.45) is 0 Å². The number of sulfone groups is 1. The summed E-state index contributed by atoms with van der Waals surface area (Å²) in [5, 5.41) is 5.95. The summed E-state index contributed by atoms with van der Waals surface area (Å²) in [5.41, 5.74) is 0. The van der Waals surface area contributed by atoms with Crippen molar-refractivity contribution >= 4 is 15.6 Å². The maximum atomic E-state index is 11.3. The smallest absolute Gasteiger partial charge is 0.199 e. The second-order valence-corrected chi connectivity index (χ2v) is 5.25. The molecule has 0 aromatic carbocycles. The molecule has 78 valence electrons. The van der Waals surface area contributed by atoms with E-state index in [4.69, 9.17) is 0 Å². The Hall–Kier alpha value is -1.24. The molecule has 0 radical (unpaired) electrons. The Morgan fingerprint density at radius 2 is 2.29 bits per heavy atom. The lowest BCUT2D eigenvalue weighted by molar-refractivity contribution is 0.0972. The molecule has 1 aromatic rings. The summed E-state index contributed by atoms with van der Waals surface area (Å²) in [6, 6.07) is 0. The topological polar surface area (TPSA) is 92.8 Å². The summed E-state index contributed by atoms with van der Waals surface area (Å²) in [7, 11) is -2.99. The fraction of sp³-hybridized carbons (Fsp3) is 0.571. The minimum atomic E-state index is -2.99. The first kappa shape index (κ1) is 10.8. The Kier molecular flexibility index (Phi) is 3.34. The van der Waals surface area contributed by atoms with Crippen LogP contribution in [0.5, 0.6) is 0 Å². The number of rotatable bonds is 5. The quantitative estimate of drug-likeness (QED) is 0.690. The molecule has 0 bridgehead atoms. The fourth-order valence-corrected chi connectivity index (χ4v) is 1.62. The molecule has 1 heterocycles. The Labute approximate surface area is 81.7 Å². The first-order chi connectivity index (χ1) is 6.49. The molecule has 0 atom stereocenters. The van der Waals surface area contributed by atoms with Crippen LogP contribution in [0, 0.1) is 0 Å². The van der Waals surface area contributed by atoms with Crippen molar-refractivity contribution in [2.75, 3.05) is 12.0 Å². The maximum Gasteiger partial charge on any atom is 0.199 e. The zero-order valence-corrected chi connectivity index (χ0v) is 8.54. The molecule has 1 rings (SSSR count). The van der Waals surface area contributed by atoms with Gasteiger partial charge in [0.15, 0.2) is 11.6 Å². The number of ketones is 1. The molecule has 0 unspecified atom stereocenters. The first-order valence-electron chi connectivity index (χ1n) is 4.05. The lowest BCUT2D eigenvalue weighted by Gasteiger charge is -1.96. The van der Waals surface area contributed by atoms with E-state index >= 15 is 0 Å². The molecular weight excluding hydrogens is 206 g/mol. The van der Waals surface area contributed by atoms with Crippen LogP contribution >= 0.6 is 0 Å². The van der Waals surface area contributed by atoms with Crippen molar-refractivity contribution in [3.8, 4) is 0 Å². The zero-order valence-electron chi connectivity index (χ0n) is 7.73. The molecule has 0 amide bonds. The molecule has 14 heavy (non-hydrogen) atoms. The van der Waals surface area contributed by atoms with Crippen molar-refractivity contribution in [3.05, 3.63) is 12.2 Å². The van der Waals surface area contributed by atoms with Gasteiger partial charge in [-0.05, 0) is 6.42 Å². The number of Topliss-reactive ketones (excluding diaryl/α,β-unsaturated/α-hetero) is 1. The van der Waals surface area contributed by atoms with Crippen LogP contribution in [-0.2, 0) is 9.84 Å². The van der Waals surface area contributed by atoms with Crippen LogP contribution in [0.25, 0.3) is 0 Å². The number of hydrogen-bond acceptors (Lipinski definition) is 5. The number of carbonyl (C=O) groups is 1. The lowest BCUT2D eigenvalue weighted by atomic mass is 10.2. The van der Waals surface area contributed by atoms with Gasteiger partial charge >= 0.3 is 0 Å². The van der Waals surface area contributed by atoms with Gasteiger partial charge in [-0.3, -0.25) is 9.89 Å². The van der Waals surface area contributed by atoms with Crippen LogP contribution in [0.4, 0.5) is 0 Å². The van der Waals surface area contributed by atoms with Crippen molar-refractivity contribution in [3.63, 3.8) is 0 Å². The summed E-state index contributed by atoms with van der Waals surface area (Å²) in [6.07, 6.45) is 2.87. The molecule has 6 nitrogen and oxygen atoms in total. The number of aromatic nitrogens is 3. The van der Waals surface area contributed by atoms with Crippen LogP contribution in [0.2, 0.25) is 0 Å². The molecule has 0 aliphatic carbocycles. The molecule has 0 spiro atoms. The van der Waals surface area contributed by atoms with E-state index in [1.54, 1.807) is 0 Å². The van der Waals surface area contributed by atoms with E-state index in [9.17, 15) is 13.2 Å². The zero-order chi connectivity index (χ0) is 10.6. The van der Waals surface area contributed by atoms with Gasteiger partial charge in [-0.25, -0.2) is 13.4 Å². The van der Waals surface area contributed by atoms with E-state index in [2.05, 4.69) is 15.2 Å². The van der Waals surface area contributed by atoms with Gasteiger partial charge < -0.3 is 0 Å². The van der Waals surface area contributed by atoms with Crippen molar-refractivity contribution in [1.29, 1.82) is 0 Å². The van der Waals surface area contributed by atoms with E-state index in [1.165, 1.54) is 6.33 Å². The average Bonchev–Trinajstić information content (AvgIpc) is 2.53. The molecular formula is C7H11N3O3S. The van der Waals surface area contributed by atoms with Crippen LogP contribution in [0.15, 0.2) is 6.33 Å². The van der Waals surface area contributed by atoms with E-state index in [-0.39, 0.29) is 23.8 Å². The molecule has 0 aliphatic rings. The Bertz CT molecular complexity index is 396. The van der Waals surface area contributed by atoms with Gasteiger partial charge in [0.25, 0.3) is 0 Å². The third-order valence-electron chi connectivity index (χ3n) is 1.60. The molecule has 0 saturated carbocycles. The van der Waals surface area contributed by atoms with Gasteiger partial charge in [0.2, 0.25) is 0 Å². The summed E-state index contributed by atoms with van der Waals surface area (Å²) in [4.78, 5) is 14.9. The van der Waals surface area contributed by atoms with Crippen LogP contribution < -0.4 is 0 Å². The molecule has 7 heteroatoms. The second kappa shape index (κ2) is 4.32. The van der Waals surface area contributed by atoms with Gasteiger partial charge in [0, 0.05) is 12.7 Å². The Balaban J connectivity index is 2.37. The highest BCUT2D eigenvalue weighted by molar-refractivity contribution is 7.90. The molecule has 1 aromatic heterocycles. The Morgan fingerprint density at radius 3 is 2.79 bits per heavy atom. The van der Waals surface area contributed by atoms with E-state index in [1.807, 2.05) is 0 Å². The first-order valence-corrected chi connectivity index (χ1v) is 6.11. The Morgan fingerprint density at radius 1 is 1.57 bits per heavy atom. The van der Waals surface area contributed by atoms with Crippen LogP contribution in [0.1, 0.15) is 23.5 Å². The average molecular weight is 217 g/mol. The normalized spacial score (nSPS) is 11.5. The molecule has 0 aliphatic heterocycles. The van der Waals surface area contributed by atoms with Gasteiger partial charge in [-0.15, -0.1) is 0 Å². The second-order valence-electron chi connectivity index (χ2n) is 2.99. The summed E-state index contributed by atoms with van der Waals surface area (Å²) >= 11 is 0. The monoisotopic (exact) mass is 217 g/mol. The fourth-order valence-electron chi connectivity index (χ4n) is 0.953. The summed E-state index contributed by atoms with van der Waals surface area (Å²) < 4.78 is 21.5. The number of carbonyl (C=O) groups excluding carboxylic acids is 1. The van der Waals surface area contributed by atoms with Gasteiger partial charge in [-0.2, -0.15) is 5.10 Å². The molecule has 0 fully saturated rings. The minimum Gasteiger partial charge on any atom is -0.291 e. The third-order valence-corrected chi connectivity index (χ3v) is 2.63. The highest BCUT2D eigenvalue weighted by atomic mass is 32.2. The number of aromatic amines is 1. The van der Waals surface area contributed by atoms with E-state index in [0.29, 0.717) is 6.42 Å². The maximum absolute atomic E-state index is 11.3.